The van der Waals surface area contributed by atoms with E-state index in [1.165, 1.54) is 0 Å². The van der Waals surface area contributed by atoms with E-state index in [2.05, 4.69) is 43.4 Å². The van der Waals surface area contributed by atoms with Crippen LogP contribution in [0.4, 0.5) is 0 Å². The van der Waals surface area contributed by atoms with Crippen molar-refractivity contribution in [2.75, 3.05) is 6.54 Å². The highest BCUT2D eigenvalue weighted by molar-refractivity contribution is 7.09. The molecule has 0 saturated heterocycles. The lowest BCUT2D eigenvalue weighted by molar-refractivity contribution is 0.457. The minimum atomic E-state index is 0.463. The first kappa shape index (κ1) is 13.0. The molecular formula is C13H23N3S. The predicted octanol–water partition coefficient (Wildman–Crippen LogP) is 2.37. The molecule has 96 valence electrons. The maximum absolute atomic E-state index is 5.55. The summed E-state index contributed by atoms with van der Waals surface area (Å²) in [6, 6.07) is 0. The van der Waals surface area contributed by atoms with Crippen LogP contribution < -0.4 is 11.1 Å². The van der Waals surface area contributed by atoms with Crippen LogP contribution in [0, 0.1) is 16.7 Å². The van der Waals surface area contributed by atoms with Crippen molar-refractivity contribution in [2.45, 2.75) is 40.8 Å². The third kappa shape index (κ3) is 2.26. The summed E-state index contributed by atoms with van der Waals surface area (Å²) in [5, 5.41) is 6.63. The Morgan fingerprint density at radius 1 is 1.35 bits per heavy atom. The summed E-state index contributed by atoms with van der Waals surface area (Å²) in [6.45, 7) is 11.9. The number of aromatic nitrogens is 1. The first-order valence-electron chi connectivity index (χ1n) is 6.23. The van der Waals surface area contributed by atoms with Gasteiger partial charge in [-0.2, -0.15) is 0 Å². The van der Waals surface area contributed by atoms with E-state index >= 15 is 0 Å². The topological polar surface area (TPSA) is 50.9 Å². The second kappa shape index (κ2) is 4.34. The lowest BCUT2D eigenvalue weighted by Crippen LogP contribution is -2.19. The SMILES string of the molecule is CC1(C)C(CNCc2csc(CN)n2)C1(C)C. The van der Waals surface area contributed by atoms with E-state index in [0.717, 1.165) is 29.7 Å². The largest absolute Gasteiger partial charge is 0.325 e. The first-order chi connectivity index (χ1) is 7.89. The summed E-state index contributed by atoms with van der Waals surface area (Å²) >= 11 is 1.65. The molecule has 0 spiro atoms. The first-order valence-corrected chi connectivity index (χ1v) is 7.11. The zero-order valence-electron chi connectivity index (χ0n) is 11.2. The highest BCUT2D eigenvalue weighted by Crippen LogP contribution is 2.67. The Bertz CT molecular complexity index is 381. The van der Waals surface area contributed by atoms with Crippen LogP contribution in [-0.2, 0) is 13.1 Å². The van der Waals surface area contributed by atoms with E-state index in [9.17, 15) is 0 Å². The molecule has 3 nitrogen and oxygen atoms in total. The molecule has 17 heavy (non-hydrogen) atoms. The Balaban J connectivity index is 1.78. The van der Waals surface area contributed by atoms with Crippen molar-refractivity contribution in [3.8, 4) is 0 Å². The van der Waals surface area contributed by atoms with Gasteiger partial charge in [-0.1, -0.05) is 27.7 Å². The van der Waals surface area contributed by atoms with Crippen molar-refractivity contribution in [3.05, 3.63) is 16.1 Å². The van der Waals surface area contributed by atoms with Gasteiger partial charge in [-0.05, 0) is 23.3 Å². The zero-order chi connectivity index (χ0) is 12.7. The maximum Gasteiger partial charge on any atom is 0.106 e. The molecule has 1 aliphatic rings. The summed E-state index contributed by atoms with van der Waals surface area (Å²) < 4.78 is 0. The summed E-state index contributed by atoms with van der Waals surface area (Å²) in [6.07, 6.45) is 0. The Kier molecular flexibility index (Phi) is 3.31. The van der Waals surface area contributed by atoms with E-state index in [1.54, 1.807) is 11.3 Å². The maximum atomic E-state index is 5.55. The molecule has 1 aliphatic carbocycles. The van der Waals surface area contributed by atoms with Crippen LogP contribution in [0.15, 0.2) is 5.38 Å². The Hall–Kier alpha value is -0.450. The molecule has 4 heteroatoms. The number of hydrogen-bond donors (Lipinski definition) is 2. The third-order valence-corrected chi connectivity index (χ3v) is 5.67. The fourth-order valence-corrected chi connectivity index (χ4v) is 3.39. The number of nitrogens with one attached hydrogen (secondary N) is 1. The summed E-state index contributed by atoms with van der Waals surface area (Å²) in [5.74, 6) is 0.766. The molecular weight excluding hydrogens is 230 g/mol. The van der Waals surface area contributed by atoms with Gasteiger partial charge in [0.2, 0.25) is 0 Å². The monoisotopic (exact) mass is 253 g/mol. The predicted molar refractivity (Wildman–Crippen MR) is 72.8 cm³/mol. The molecule has 1 aromatic rings. The van der Waals surface area contributed by atoms with E-state index in [0.29, 0.717) is 17.4 Å². The van der Waals surface area contributed by atoms with Crippen molar-refractivity contribution >= 4 is 11.3 Å². The average Bonchev–Trinajstić information content (AvgIpc) is 2.64. The van der Waals surface area contributed by atoms with Crippen molar-refractivity contribution in [1.82, 2.24) is 10.3 Å². The summed E-state index contributed by atoms with van der Waals surface area (Å²) in [4.78, 5) is 4.45. The molecule has 0 bridgehead atoms. The van der Waals surface area contributed by atoms with Crippen molar-refractivity contribution in [3.63, 3.8) is 0 Å². The van der Waals surface area contributed by atoms with Crippen LogP contribution in [0.5, 0.6) is 0 Å². The van der Waals surface area contributed by atoms with E-state index in [4.69, 9.17) is 5.73 Å². The van der Waals surface area contributed by atoms with Gasteiger partial charge in [0.25, 0.3) is 0 Å². The zero-order valence-corrected chi connectivity index (χ0v) is 12.0. The van der Waals surface area contributed by atoms with Crippen LogP contribution >= 0.6 is 11.3 Å². The van der Waals surface area contributed by atoms with Crippen molar-refractivity contribution < 1.29 is 0 Å². The smallest absolute Gasteiger partial charge is 0.106 e. The minimum absolute atomic E-state index is 0.463. The molecule has 2 rings (SSSR count). The highest BCUT2D eigenvalue weighted by atomic mass is 32.1. The molecule has 0 radical (unpaired) electrons. The second-order valence-corrected chi connectivity index (χ2v) is 7.01. The van der Waals surface area contributed by atoms with E-state index in [1.807, 2.05) is 0 Å². The molecule has 1 heterocycles. The standard InChI is InChI=1S/C13H23N3S/c1-12(2)10(13(12,3)4)7-15-6-9-8-17-11(5-14)16-9/h8,10,15H,5-7,14H2,1-4H3. The van der Waals surface area contributed by atoms with Gasteiger partial charge in [-0.15, -0.1) is 11.3 Å². The summed E-state index contributed by atoms with van der Waals surface area (Å²) in [5.41, 5.74) is 7.59. The minimum Gasteiger partial charge on any atom is -0.325 e. The Morgan fingerprint density at radius 2 is 2.00 bits per heavy atom. The highest BCUT2D eigenvalue weighted by Gasteiger charge is 2.63. The molecule has 0 atom stereocenters. The Morgan fingerprint density at radius 3 is 2.47 bits per heavy atom. The van der Waals surface area contributed by atoms with Crippen LogP contribution in [0.3, 0.4) is 0 Å². The quantitative estimate of drug-likeness (QED) is 0.847. The Labute approximate surface area is 108 Å². The third-order valence-electron chi connectivity index (χ3n) is 4.75. The van der Waals surface area contributed by atoms with E-state index < -0.39 is 0 Å². The van der Waals surface area contributed by atoms with E-state index in [-0.39, 0.29) is 0 Å². The number of thiazole rings is 1. The van der Waals surface area contributed by atoms with Crippen LogP contribution in [0.2, 0.25) is 0 Å². The van der Waals surface area contributed by atoms with Gasteiger partial charge in [0.1, 0.15) is 5.01 Å². The van der Waals surface area contributed by atoms with Gasteiger partial charge in [0.05, 0.1) is 5.69 Å². The van der Waals surface area contributed by atoms with Crippen LogP contribution in [-0.4, -0.2) is 11.5 Å². The van der Waals surface area contributed by atoms with Crippen molar-refractivity contribution in [1.29, 1.82) is 0 Å². The molecule has 0 aromatic carbocycles. The average molecular weight is 253 g/mol. The number of rotatable bonds is 5. The molecule has 1 saturated carbocycles. The molecule has 0 amide bonds. The molecule has 1 fully saturated rings. The fraction of sp³-hybridized carbons (Fsp3) is 0.769. The van der Waals surface area contributed by atoms with Crippen molar-refractivity contribution in [2.24, 2.45) is 22.5 Å². The van der Waals surface area contributed by atoms with Gasteiger partial charge < -0.3 is 11.1 Å². The number of nitrogens with zero attached hydrogens (tertiary/aromatic N) is 1. The van der Waals surface area contributed by atoms with Gasteiger partial charge in [-0.25, -0.2) is 4.98 Å². The van der Waals surface area contributed by atoms with Gasteiger partial charge in [-0.3, -0.25) is 0 Å². The number of nitrogens with two attached hydrogens (primary N) is 1. The van der Waals surface area contributed by atoms with Gasteiger partial charge in [0, 0.05) is 18.5 Å². The second-order valence-electron chi connectivity index (χ2n) is 6.06. The lowest BCUT2D eigenvalue weighted by Gasteiger charge is -2.04. The van der Waals surface area contributed by atoms with Crippen LogP contribution in [0.1, 0.15) is 38.4 Å². The lowest BCUT2D eigenvalue weighted by atomic mass is 10.0. The van der Waals surface area contributed by atoms with Gasteiger partial charge >= 0.3 is 0 Å². The molecule has 3 N–H and O–H groups in total. The van der Waals surface area contributed by atoms with Crippen LogP contribution in [0.25, 0.3) is 0 Å². The van der Waals surface area contributed by atoms with Gasteiger partial charge in [0.15, 0.2) is 0 Å². The summed E-state index contributed by atoms with van der Waals surface area (Å²) in [7, 11) is 0. The number of hydrogen-bond acceptors (Lipinski definition) is 4. The normalized spacial score (nSPS) is 21.7. The molecule has 0 aliphatic heterocycles. The molecule has 0 unspecified atom stereocenters. The fourth-order valence-electron chi connectivity index (χ4n) is 2.71. The molecule has 1 aromatic heterocycles.